The quantitative estimate of drug-likeness (QED) is 0.929. The van der Waals surface area contributed by atoms with Crippen molar-refractivity contribution in [1.29, 1.82) is 0 Å². The van der Waals surface area contributed by atoms with Gasteiger partial charge in [-0.25, -0.2) is 9.18 Å². The molecule has 2 atom stereocenters. The van der Waals surface area contributed by atoms with E-state index >= 15 is 0 Å². The summed E-state index contributed by atoms with van der Waals surface area (Å²) in [7, 11) is 0. The second kappa shape index (κ2) is 7.20. The van der Waals surface area contributed by atoms with Crippen molar-refractivity contribution in [2.24, 2.45) is 11.8 Å². The molecule has 0 bridgehead atoms. The topological polar surface area (TPSA) is 35.6 Å². The fraction of sp³-hybridized carbons (Fsp3) is 0.611. The molecular formula is C18H26FN3O. The minimum atomic E-state index is -0.201. The molecule has 1 aromatic carbocycles. The number of piperidine rings is 1. The maximum absolute atomic E-state index is 13.0. The van der Waals surface area contributed by atoms with Gasteiger partial charge in [0.15, 0.2) is 0 Å². The smallest absolute Gasteiger partial charge is 0.317 e. The normalized spacial score (nSPS) is 24.8. The van der Waals surface area contributed by atoms with Crippen LogP contribution in [0, 0.1) is 17.7 Å². The van der Waals surface area contributed by atoms with Crippen molar-refractivity contribution in [2.75, 3.05) is 37.6 Å². The molecule has 0 aromatic heterocycles. The standard InChI is InChI=1S/C18H26FN3O/c1-14-3-2-9-22(12-14)18(23)20-11-15-8-10-21(13-15)17-6-4-16(19)5-7-17/h4-7,14-15H,2-3,8-13H2,1H3,(H,20,23). The molecule has 2 amide bonds. The lowest BCUT2D eigenvalue weighted by Crippen LogP contribution is -2.46. The summed E-state index contributed by atoms with van der Waals surface area (Å²) in [6, 6.07) is 6.73. The van der Waals surface area contributed by atoms with E-state index in [1.165, 1.54) is 18.6 Å². The van der Waals surface area contributed by atoms with Gasteiger partial charge in [-0.2, -0.15) is 0 Å². The van der Waals surface area contributed by atoms with Crippen molar-refractivity contribution in [1.82, 2.24) is 10.2 Å². The minimum absolute atomic E-state index is 0.0804. The molecule has 23 heavy (non-hydrogen) atoms. The zero-order valence-corrected chi connectivity index (χ0v) is 13.8. The van der Waals surface area contributed by atoms with Crippen LogP contribution in [0.15, 0.2) is 24.3 Å². The van der Waals surface area contributed by atoms with Gasteiger partial charge in [-0.15, -0.1) is 0 Å². The number of hydrogen-bond acceptors (Lipinski definition) is 2. The number of likely N-dealkylation sites (tertiary alicyclic amines) is 1. The number of nitrogens with zero attached hydrogens (tertiary/aromatic N) is 2. The third kappa shape index (κ3) is 4.15. The molecular weight excluding hydrogens is 293 g/mol. The van der Waals surface area contributed by atoms with Crippen LogP contribution in [0.5, 0.6) is 0 Å². The van der Waals surface area contributed by atoms with Gasteiger partial charge in [-0.05, 0) is 55.4 Å². The molecule has 0 spiro atoms. The number of nitrogens with one attached hydrogen (secondary N) is 1. The predicted molar refractivity (Wildman–Crippen MR) is 90.1 cm³/mol. The Balaban J connectivity index is 1.45. The molecule has 0 saturated carbocycles. The zero-order valence-electron chi connectivity index (χ0n) is 13.8. The van der Waals surface area contributed by atoms with Crippen molar-refractivity contribution in [3.05, 3.63) is 30.1 Å². The van der Waals surface area contributed by atoms with Crippen LogP contribution in [-0.2, 0) is 0 Å². The number of halogens is 1. The third-order valence-electron chi connectivity index (χ3n) is 4.96. The second-order valence-electron chi connectivity index (χ2n) is 6.96. The van der Waals surface area contributed by atoms with Crippen LogP contribution in [0.25, 0.3) is 0 Å². The number of carbonyl (C=O) groups excluding carboxylic acids is 1. The Bertz CT molecular complexity index is 534. The van der Waals surface area contributed by atoms with Crippen LogP contribution in [0.3, 0.4) is 0 Å². The summed E-state index contributed by atoms with van der Waals surface area (Å²) >= 11 is 0. The van der Waals surface area contributed by atoms with E-state index in [0.29, 0.717) is 11.8 Å². The highest BCUT2D eigenvalue weighted by Crippen LogP contribution is 2.23. The number of amides is 2. The number of urea groups is 1. The van der Waals surface area contributed by atoms with Crippen molar-refractivity contribution in [3.8, 4) is 0 Å². The van der Waals surface area contributed by atoms with Crippen LogP contribution >= 0.6 is 0 Å². The van der Waals surface area contributed by atoms with E-state index in [0.717, 1.165) is 51.3 Å². The van der Waals surface area contributed by atoms with Crippen LogP contribution in [0.4, 0.5) is 14.9 Å². The molecule has 1 N–H and O–H groups in total. The summed E-state index contributed by atoms with van der Waals surface area (Å²) in [5, 5.41) is 3.10. The molecule has 126 valence electrons. The maximum atomic E-state index is 13.0. The summed E-state index contributed by atoms with van der Waals surface area (Å²) in [4.78, 5) is 16.5. The first-order valence-electron chi connectivity index (χ1n) is 8.65. The first-order valence-corrected chi connectivity index (χ1v) is 8.65. The largest absolute Gasteiger partial charge is 0.371 e. The maximum Gasteiger partial charge on any atom is 0.317 e. The Hall–Kier alpha value is -1.78. The fourth-order valence-electron chi connectivity index (χ4n) is 3.60. The number of anilines is 1. The molecule has 2 unspecified atom stereocenters. The lowest BCUT2D eigenvalue weighted by Gasteiger charge is -2.31. The summed E-state index contributed by atoms with van der Waals surface area (Å²) in [5.74, 6) is 0.869. The molecule has 2 saturated heterocycles. The molecule has 1 aromatic rings. The molecule has 0 radical (unpaired) electrons. The van der Waals surface area contributed by atoms with Gasteiger partial charge < -0.3 is 15.1 Å². The van der Waals surface area contributed by atoms with Crippen molar-refractivity contribution >= 4 is 11.7 Å². The second-order valence-corrected chi connectivity index (χ2v) is 6.96. The SMILES string of the molecule is CC1CCCN(C(=O)NCC2CCN(c3ccc(F)cc3)C2)C1. The highest BCUT2D eigenvalue weighted by Gasteiger charge is 2.25. The van der Waals surface area contributed by atoms with Gasteiger partial charge in [0.05, 0.1) is 0 Å². The van der Waals surface area contributed by atoms with Gasteiger partial charge in [0.1, 0.15) is 5.82 Å². The van der Waals surface area contributed by atoms with E-state index in [2.05, 4.69) is 17.1 Å². The number of hydrogen-bond donors (Lipinski definition) is 1. The fourth-order valence-corrected chi connectivity index (χ4v) is 3.60. The monoisotopic (exact) mass is 319 g/mol. The molecule has 5 heteroatoms. The van der Waals surface area contributed by atoms with Gasteiger partial charge in [0, 0.05) is 38.4 Å². The van der Waals surface area contributed by atoms with Crippen LogP contribution in [0.2, 0.25) is 0 Å². The molecule has 2 fully saturated rings. The Kier molecular flexibility index (Phi) is 5.03. The molecule has 4 nitrogen and oxygen atoms in total. The lowest BCUT2D eigenvalue weighted by molar-refractivity contribution is 0.168. The number of rotatable bonds is 3. The van der Waals surface area contributed by atoms with E-state index in [9.17, 15) is 9.18 Å². The van der Waals surface area contributed by atoms with E-state index in [4.69, 9.17) is 0 Å². The summed E-state index contributed by atoms with van der Waals surface area (Å²) in [6.45, 7) is 6.56. The van der Waals surface area contributed by atoms with Gasteiger partial charge in [0.2, 0.25) is 0 Å². The van der Waals surface area contributed by atoms with Gasteiger partial charge >= 0.3 is 6.03 Å². The van der Waals surface area contributed by atoms with E-state index < -0.39 is 0 Å². The molecule has 3 rings (SSSR count). The Morgan fingerprint density at radius 3 is 2.74 bits per heavy atom. The number of carbonyl (C=O) groups is 1. The van der Waals surface area contributed by atoms with Crippen molar-refractivity contribution in [3.63, 3.8) is 0 Å². The molecule has 2 aliphatic rings. The predicted octanol–water partition coefficient (Wildman–Crippen LogP) is 3.09. The first kappa shape index (κ1) is 16.1. The van der Waals surface area contributed by atoms with Crippen LogP contribution in [-0.4, -0.2) is 43.7 Å². The third-order valence-corrected chi connectivity index (χ3v) is 4.96. The van der Waals surface area contributed by atoms with E-state index in [-0.39, 0.29) is 11.8 Å². The van der Waals surface area contributed by atoms with Crippen LogP contribution < -0.4 is 10.2 Å². The van der Waals surface area contributed by atoms with Crippen LogP contribution in [0.1, 0.15) is 26.2 Å². The average Bonchev–Trinajstić information content (AvgIpc) is 3.02. The van der Waals surface area contributed by atoms with Crippen molar-refractivity contribution < 1.29 is 9.18 Å². The Morgan fingerprint density at radius 1 is 1.22 bits per heavy atom. The highest BCUT2D eigenvalue weighted by molar-refractivity contribution is 5.74. The molecule has 2 heterocycles. The summed E-state index contributed by atoms with van der Waals surface area (Å²) in [6.07, 6.45) is 3.39. The Labute approximate surface area is 137 Å². The Morgan fingerprint density at radius 2 is 2.00 bits per heavy atom. The molecule has 0 aliphatic carbocycles. The molecule has 2 aliphatic heterocycles. The number of benzene rings is 1. The van der Waals surface area contributed by atoms with E-state index in [1.807, 2.05) is 17.0 Å². The zero-order chi connectivity index (χ0) is 16.2. The van der Waals surface area contributed by atoms with E-state index in [1.54, 1.807) is 0 Å². The van der Waals surface area contributed by atoms with Gasteiger partial charge in [0.25, 0.3) is 0 Å². The first-order chi connectivity index (χ1) is 11.1. The lowest BCUT2D eigenvalue weighted by atomic mass is 10.0. The highest BCUT2D eigenvalue weighted by atomic mass is 19.1. The summed E-state index contributed by atoms with van der Waals surface area (Å²) < 4.78 is 13.0. The average molecular weight is 319 g/mol. The van der Waals surface area contributed by atoms with Gasteiger partial charge in [-0.1, -0.05) is 6.92 Å². The van der Waals surface area contributed by atoms with Crippen molar-refractivity contribution in [2.45, 2.75) is 26.2 Å². The minimum Gasteiger partial charge on any atom is -0.371 e. The van der Waals surface area contributed by atoms with Gasteiger partial charge in [-0.3, -0.25) is 0 Å². The summed E-state index contributed by atoms with van der Waals surface area (Å²) in [5.41, 5.74) is 1.06.